The highest BCUT2D eigenvalue weighted by Gasteiger charge is 2.16. The molecule has 4 nitrogen and oxygen atoms in total. The molecule has 0 bridgehead atoms. The quantitative estimate of drug-likeness (QED) is 0.382. The van der Waals surface area contributed by atoms with Gasteiger partial charge in [-0.05, 0) is 44.2 Å². The number of hydrazone groups is 1. The Hall–Kier alpha value is -1.66. The molecule has 23 heavy (non-hydrogen) atoms. The largest absolute Gasteiger partial charge is 0.272 e. The Balaban J connectivity index is 1.52. The zero-order chi connectivity index (χ0) is 16.1. The zero-order valence-electron chi connectivity index (χ0n) is 12.9. The van der Waals surface area contributed by atoms with E-state index in [1.54, 1.807) is 11.3 Å². The van der Waals surface area contributed by atoms with Crippen molar-refractivity contribution in [2.24, 2.45) is 11.0 Å². The third kappa shape index (κ3) is 4.42. The van der Waals surface area contributed by atoms with E-state index in [0.29, 0.717) is 5.92 Å². The Bertz CT molecular complexity index is 705. The van der Waals surface area contributed by atoms with Gasteiger partial charge in [-0.3, -0.25) is 4.79 Å². The molecular weight excluding hydrogens is 326 g/mol. The van der Waals surface area contributed by atoms with E-state index in [9.17, 15) is 4.79 Å². The molecule has 6 heteroatoms. The number of fused-ring (bicyclic) bond motifs is 1. The van der Waals surface area contributed by atoms with Crippen molar-refractivity contribution in [2.45, 2.75) is 35.8 Å². The molecule has 3 rings (SSSR count). The minimum Gasteiger partial charge on any atom is -0.272 e. The van der Waals surface area contributed by atoms with Gasteiger partial charge in [0.25, 0.3) is 5.91 Å². The number of thioether (sulfide) groups is 1. The van der Waals surface area contributed by atoms with Crippen LogP contribution < -0.4 is 5.43 Å². The molecule has 0 aliphatic heterocycles. The number of rotatable bonds is 5. The predicted octanol–water partition coefficient (Wildman–Crippen LogP) is 4.24. The Labute approximate surface area is 144 Å². The SMILES string of the molecule is C[C@@H](Sc1nc2ccccc2s1)C(=O)N/N=C\[C@H]1CC=CCC1. The second kappa shape index (κ2) is 7.75. The summed E-state index contributed by atoms with van der Waals surface area (Å²) in [6.45, 7) is 1.88. The fraction of sp³-hybridized carbons (Fsp3) is 0.353. The summed E-state index contributed by atoms with van der Waals surface area (Å²) in [4.78, 5) is 16.7. The normalized spacial score (nSPS) is 19.3. The third-order valence-electron chi connectivity index (χ3n) is 3.69. The molecule has 2 aromatic rings. The van der Waals surface area contributed by atoms with Crippen LogP contribution in [-0.2, 0) is 4.79 Å². The van der Waals surface area contributed by atoms with E-state index >= 15 is 0 Å². The van der Waals surface area contributed by atoms with Crippen molar-refractivity contribution in [1.82, 2.24) is 10.4 Å². The Morgan fingerprint density at radius 2 is 2.35 bits per heavy atom. The lowest BCUT2D eigenvalue weighted by Gasteiger charge is -2.12. The topological polar surface area (TPSA) is 54.4 Å². The van der Waals surface area contributed by atoms with E-state index in [0.717, 1.165) is 33.8 Å². The van der Waals surface area contributed by atoms with Gasteiger partial charge < -0.3 is 0 Å². The number of amides is 1. The molecule has 0 fully saturated rings. The molecule has 0 unspecified atom stereocenters. The second-order valence-corrected chi connectivity index (χ2v) is 8.12. The zero-order valence-corrected chi connectivity index (χ0v) is 14.6. The summed E-state index contributed by atoms with van der Waals surface area (Å²) >= 11 is 3.09. The molecule has 120 valence electrons. The maximum absolute atomic E-state index is 12.1. The highest BCUT2D eigenvalue weighted by atomic mass is 32.2. The molecule has 2 atom stereocenters. The maximum Gasteiger partial charge on any atom is 0.253 e. The molecule has 1 aromatic heterocycles. The Morgan fingerprint density at radius 1 is 1.48 bits per heavy atom. The van der Waals surface area contributed by atoms with Crippen molar-refractivity contribution in [2.75, 3.05) is 0 Å². The molecule has 1 heterocycles. The molecule has 1 amide bonds. The smallest absolute Gasteiger partial charge is 0.253 e. The number of benzene rings is 1. The fourth-order valence-electron chi connectivity index (χ4n) is 2.36. The van der Waals surface area contributed by atoms with E-state index in [1.807, 2.05) is 37.4 Å². The molecule has 0 spiro atoms. The summed E-state index contributed by atoms with van der Waals surface area (Å²) in [6.07, 6.45) is 9.43. The van der Waals surface area contributed by atoms with Crippen LogP contribution in [0.5, 0.6) is 0 Å². The van der Waals surface area contributed by atoms with Crippen LogP contribution in [0.4, 0.5) is 0 Å². The number of carbonyl (C=O) groups is 1. The molecule has 1 aliphatic carbocycles. The van der Waals surface area contributed by atoms with E-state index in [-0.39, 0.29) is 11.2 Å². The number of allylic oxidation sites excluding steroid dienone is 2. The van der Waals surface area contributed by atoms with Crippen molar-refractivity contribution in [1.29, 1.82) is 0 Å². The molecule has 1 N–H and O–H groups in total. The van der Waals surface area contributed by atoms with Crippen molar-refractivity contribution < 1.29 is 4.79 Å². The lowest BCUT2D eigenvalue weighted by molar-refractivity contribution is -0.120. The standard InChI is InChI=1S/C17H19N3OS2/c1-12(16(21)20-18-11-13-7-3-2-4-8-13)22-17-19-14-9-5-6-10-15(14)23-17/h2-3,5-6,9-13H,4,7-8H2,1H3,(H,20,21)/b18-11-/t12-,13+/m1/s1. The molecule has 0 saturated heterocycles. The summed E-state index contributed by atoms with van der Waals surface area (Å²) in [5.41, 5.74) is 3.63. The number of carbonyl (C=O) groups excluding carboxylic acids is 1. The lowest BCUT2D eigenvalue weighted by Crippen LogP contribution is -2.27. The Kier molecular flexibility index (Phi) is 5.46. The van der Waals surface area contributed by atoms with Crippen molar-refractivity contribution in [3.05, 3.63) is 36.4 Å². The minimum absolute atomic E-state index is 0.0862. The summed E-state index contributed by atoms with van der Waals surface area (Å²) < 4.78 is 2.06. The summed E-state index contributed by atoms with van der Waals surface area (Å²) in [5, 5.41) is 3.89. The highest BCUT2D eigenvalue weighted by molar-refractivity contribution is 8.02. The van der Waals surface area contributed by atoms with E-state index in [2.05, 4.69) is 27.7 Å². The van der Waals surface area contributed by atoms with Gasteiger partial charge in [-0.15, -0.1) is 11.3 Å². The average molecular weight is 345 g/mol. The first-order chi connectivity index (χ1) is 11.2. The first-order valence-electron chi connectivity index (χ1n) is 7.72. The minimum atomic E-state index is -0.223. The van der Waals surface area contributed by atoms with Gasteiger partial charge >= 0.3 is 0 Å². The van der Waals surface area contributed by atoms with Crippen molar-refractivity contribution in [3.8, 4) is 0 Å². The van der Waals surface area contributed by atoms with Crippen molar-refractivity contribution >= 4 is 45.4 Å². The first kappa shape index (κ1) is 16.2. The van der Waals surface area contributed by atoms with Crippen LogP contribution in [0.2, 0.25) is 0 Å². The van der Waals surface area contributed by atoms with Crippen LogP contribution in [-0.4, -0.2) is 22.4 Å². The van der Waals surface area contributed by atoms with Gasteiger partial charge in [0.15, 0.2) is 4.34 Å². The van der Waals surface area contributed by atoms with Crippen LogP contribution in [0.15, 0.2) is 45.9 Å². The molecule has 0 radical (unpaired) electrons. The van der Waals surface area contributed by atoms with Crippen LogP contribution in [0.25, 0.3) is 10.2 Å². The number of para-hydroxylation sites is 1. The van der Waals surface area contributed by atoms with E-state index in [4.69, 9.17) is 0 Å². The average Bonchev–Trinajstić information content (AvgIpc) is 2.98. The first-order valence-corrected chi connectivity index (χ1v) is 9.42. The van der Waals surface area contributed by atoms with Gasteiger partial charge in [-0.2, -0.15) is 5.10 Å². The second-order valence-electron chi connectivity index (χ2n) is 5.51. The number of aromatic nitrogens is 1. The van der Waals surface area contributed by atoms with E-state index in [1.165, 1.54) is 11.8 Å². The van der Waals surface area contributed by atoms with Gasteiger partial charge in [0.2, 0.25) is 0 Å². The molecular formula is C17H19N3OS2. The highest BCUT2D eigenvalue weighted by Crippen LogP contribution is 2.31. The predicted molar refractivity (Wildman–Crippen MR) is 98.1 cm³/mol. The monoisotopic (exact) mass is 345 g/mol. The van der Waals surface area contributed by atoms with Crippen LogP contribution in [0, 0.1) is 5.92 Å². The number of nitrogens with zero attached hydrogens (tertiary/aromatic N) is 2. The van der Waals surface area contributed by atoms with Crippen LogP contribution >= 0.6 is 23.1 Å². The van der Waals surface area contributed by atoms with Gasteiger partial charge in [0.1, 0.15) is 0 Å². The van der Waals surface area contributed by atoms with E-state index < -0.39 is 0 Å². The van der Waals surface area contributed by atoms with Crippen LogP contribution in [0.3, 0.4) is 0 Å². The lowest BCUT2D eigenvalue weighted by atomic mass is 9.96. The summed E-state index contributed by atoms with van der Waals surface area (Å²) in [7, 11) is 0. The maximum atomic E-state index is 12.1. The number of thiazole rings is 1. The van der Waals surface area contributed by atoms with Gasteiger partial charge in [-0.1, -0.05) is 36.0 Å². The van der Waals surface area contributed by atoms with Gasteiger partial charge in [0, 0.05) is 6.21 Å². The summed E-state index contributed by atoms with van der Waals surface area (Å²) in [6, 6.07) is 8.01. The molecule has 1 aliphatic rings. The number of nitrogens with one attached hydrogen (secondary N) is 1. The van der Waals surface area contributed by atoms with Gasteiger partial charge in [0.05, 0.1) is 15.5 Å². The third-order valence-corrected chi connectivity index (χ3v) is 5.92. The van der Waals surface area contributed by atoms with Crippen LogP contribution in [0.1, 0.15) is 26.2 Å². The van der Waals surface area contributed by atoms with Crippen molar-refractivity contribution in [3.63, 3.8) is 0 Å². The number of hydrogen-bond donors (Lipinski definition) is 1. The fourth-order valence-corrected chi connectivity index (χ4v) is 4.56. The molecule has 1 aromatic carbocycles. The number of hydrogen-bond acceptors (Lipinski definition) is 5. The van der Waals surface area contributed by atoms with Gasteiger partial charge in [-0.25, -0.2) is 10.4 Å². The molecule has 0 saturated carbocycles. The Morgan fingerprint density at radius 3 is 3.13 bits per heavy atom. The summed E-state index contributed by atoms with van der Waals surface area (Å²) in [5.74, 6) is 0.351.